The number of hydrogen-bond acceptors (Lipinski definition) is 6. The molecule has 0 fully saturated rings. The molecule has 0 atom stereocenters. The van der Waals surface area contributed by atoms with Crippen molar-refractivity contribution >= 4 is 22.6 Å². The second kappa shape index (κ2) is 9.68. The number of para-hydroxylation sites is 2. The van der Waals surface area contributed by atoms with E-state index in [1.165, 1.54) is 5.52 Å². The number of aromatic nitrogens is 2. The molecule has 5 rings (SSSR count). The largest absolute Gasteiger partial charge is 0.496 e. The van der Waals surface area contributed by atoms with Gasteiger partial charge in [0.1, 0.15) is 11.6 Å². The molecule has 0 unspecified atom stereocenters. The van der Waals surface area contributed by atoms with Gasteiger partial charge in [0, 0.05) is 36.4 Å². The molecule has 0 radical (unpaired) electrons. The summed E-state index contributed by atoms with van der Waals surface area (Å²) in [4.78, 5) is 20.1. The Hall–Kier alpha value is -4.04. The first kappa shape index (κ1) is 22.7. The summed E-state index contributed by atoms with van der Waals surface area (Å²) in [6.07, 6.45) is 0. The maximum Gasteiger partial charge on any atom is 0.255 e. The Labute approximate surface area is 204 Å². The number of hydrogen-bond donors (Lipinski definition) is 1. The van der Waals surface area contributed by atoms with E-state index < -0.39 is 0 Å². The molecule has 1 aliphatic heterocycles. The summed E-state index contributed by atoms with van der Waals surface area (Å²) in [7, 11) is 4.77. The summed E-state index contributed by atoms with van der Waals surface area (Å²) in [6.45, 7) is 3.22. The number of amides is 1. The molecule has 3 aromatic carbocycles. The summed E-state index contributed by atoms with van der Waals surface area (Å²) in [6, 6.07) is 19.0. The van der Waals surface area contributed by atoms with Gasteiger partial charge in [0.2, 0.25) is 0 Å². The van der Waals surface area contributed by atoms with E-state index in [2.05, 4.69) is 33.0 Å². The lowest BCUT2D eigenvalue weighted by molar-refractivity contribution is 0.102. The van der Waals surface area contributed by atoms with Crippen LogP contribution in [0.5, 0.6) is 17.2 Å². The van der Waals surface area contributed by atoms with E-state index in [0.717, 1.165) is 42.3 Å². The molecule has 0 saturated heterocycles. The van der Waals surface area contributed by atoms with Gasteiger partial charge < -0.3 is 24.1 Å². The number of imidazole rings is 1. The van der Waals surface area contributed by atoms with Gasteiger partial charge in [0.15, 0.2) is 11.5 Å². The van der Waals surface area contributed by atoms with Gasteiger partial charge in [0.05, 0.1) is 38.9 Å². The fourth-order valence-electron chi connectivity index (χ4n) is 4.55. The number of fused-ring (bicyclic) bond motifs is 3. The van der Waals surface area contributed by atoms with Crippen molar-refractivity contribution in [3.05, 3.63) is 77.6 Å². The Bertz CT molecular complexity index is 1380. The van der Waals surface area contributed by atoms with E-state index in [-0.39, 0.29) is 5.91 Å². The average molecular weight is 473 g/mol. The van der Waals surface area contributed by atoms with Crippen molar-refractivity contribution < 1.29 is 19.0 Å². The second-order valence-electron chi connectivity index (χ2n) is 8.43. The van der Waals surface area contributed by atoms with Crippen molar-refractivity contribution in [1.29, 1.82) is 0 Å². The fraction of sp³-hybridized carbons (Fsp3) is 0.259. The number of rotatable bonds is 7. The van der Waals surface area contributed by atoms with Gasteiger partial charge in [-0.2, -0.15) is 0 Å². The van der Waals surface area contributed by atoms with Crippen LogP contribution in [0, 0.1) is 0 Å². The van der Waals surface area contributed by atoms with Crippen LogP contribution >= 0.6 is 0 Å². The number of carbonyl (C=O) groups is 1. The first-order chi connectivity index (χ1) is 17.1. The van der Waals surface area contributed by atoms with Crippen molar-refractivity contribution in [3.8, 4) is 17.2 Å². The van der Waals surface area contributed by atoms with Crippen molar-refractivity contribution in [2.24, 2.45) is 0 Å². The molecule has 8 heteroatoms. The lowest BCUT2D eigenvalue weighted by Crippen LogP contribution is -2.33. The molecule has 0 saturated carbocycles. The first-order valence-electron chi connectivity index (χ1n) is 11.5. The number of ether oxygens (including phenoxy) is 3. The van der Waals surface area contributed by atoms with E-state index in [9.17, 15) is 4.79 Å². The number of anilines is 1. The summed E-state index contributed by atoms with van der Waals surface area (Å²) < 4.78 is 18.5. The molecule has 180 valence electrons. The van der Waals surface area contributed by atoms with Crippen molar-refractivity contribution in [2.75, 3.05) is 33.2 Å². The fourth-order valence-corrected chi connectivity index (χ4v) is 4.55. The molecule has 35 heavy (non-hydrogen) atoms. The SMILES string of the molecule is COc1ccc(NC(=O)c2ccc(OC)c(OC)c2)cc1CN1CCn2c(nc3ccccc32)C1. The minimum Gasteiger partial charge on any atom is -0.496 e. The molecule has 4 aromatic rings. The molecule has 8 nitrogen and oxygen atoms in total. The van der Waals surface area contributed by atoms with Crippen LogP contribution in [0.3, 0.4) is 0 Å². The smallest absolute Gasteiger partial charge is 0.255 e. The average Bonchev–Trinajstić information content (AvgIpc) is 3.26. The number of methoxy groups -OCH3 is 3. The molecule has 1 N–H and O–H groups in total. The highest BCUT2D eigenvalue weighted by molar-refractivity contribution is 6.04. The van der Waals surface area contributed by atoms with Crippen LogP contribution in [-0.2, 0) is 19.6 Å². The number of nitrogens with zero attached hydrogens (tertiary/aromatic N) is 3. The van der Waals surface area contributed by atoms with Crippen molar-refractivity contribution in [3.63, 3.8) is 0 Å². The van der Waals surface area contributed by atoms with E-state index in [1.807, 2.05) is 24.3 Å². The van der Waals surface area contributed by atoms with Crippen LogP contribution in [0.4, 0.5) is 5.69 Å². The quantitative estimate of drug-likeness (QED) is 0.431. The summed E-state index contributed by atoms with van der Waals surface area (Å²) in [5.74, 6) is 2.70. The predicted octanol–water partition coefficient (Wildman–Crippen LogP) is 4.33. The number of nitrogens with one attached hydrogen (secondary N) is 1. The van der Waals surface area contributed by atoms with Gasteiger partial charge >= 0.3 is 0 Å². The molecular weight excluding hydrogens is 444 g/mol. The minimum atomic E-state index is -0.228. The van der Waals surface area contributed by atoms with Crippen molar-refractivity contribution in [2.45, 2.75) is 19.6 Å². The zero-order valence-electron chi connectivity index (χ0n) is 20.1. The standard InChI is InChI=1S/C27H28N4O4/c1-33-23-11-9-20(28-27(32)18-8-10-24(34-2)25(15-18)35-3)14-19(23)16-30-12-13-31-22-7-5-4-6-21(22)29-26(31)17-30/h4-11,14-15H,12-13,16-17H2,1-3H3,(H,28,32). The molecule has 0 spiro atoms. The van der Waals surface area contributed by atoms with E-state index in [1.54, 1.807) is 39.5 Å². The predicted molar refractivity (Wildman–Crippen MR) is 134 cm³/mol. The topological polar surface area (TPSA) is 77.9 Å². The molecule has 1 aliphatic rings. The normalized spacial score (nSPS) is 13.3. The zero-order valence-corrected chi connectivity index (χ0v) is 20.1. The molecule has 0 bridgehead atoms. The van der Waals surface area contributed by atoms with Gasteiger partial charge in [-0.25, -0.2) is 4.98 Å². The third kappa shape index (κ3) is 4.52. The van der Waals surface area contributed by atoms with Gasteiger partial charge in [-0.05, 0) is 48.5 Å². The monoisotopic (exact) mass is 472 g/mol. The Balaban J connectivity index is 1.33. The molecule has 1 aromatic heterocycles. The first-order valence-corrected chi connectivity index (χ1v) is 11.5. The number of carbonyl (C=O) groups excluding carboxylic acids is 1. The van der Waals surface area contributed by atoms with Crippen LogP contribution in [0.1, 0.15) is 21.7 Å². The van der Waals surface area contributed by atoms with Crippen LogP contribution in [0.2, 0.25) is 0 Å². The Morgan fingerprint density at radius 3 is 2.49 bits per heavy atom. The summed E-state index contributed by atoms with van der Waals surface area (Å²) in [5.41, 5.74) is 4.39. The van der Waals surface area contributed by atoms with Gasteiger partial charge in [-0.15, -0.1) is 0 Å². The van der Waals surface area contributed by atoms with Crippen molar-refractivity contribution in [1.82, 2.24) is 14.5 Å². The van der Waals surface area contributed by atoms with Crippen LogP contribution in [0.25, 0.3) is 11.0 Å². The summed E-state index contributed by atoms with van der Waals surface area (Å²) in [5, 5.41) is 2.98. The van der Waals surface area contributed by atoms with Crippen LogP contribution in [0.15, 0.2) is 60.7 Å². The molecular formula is C27H28N4O4. The van der Waals surface area contributed by atoms with E-state index in [0.29, 0.717) is 29.3 Å². The Morgan fingerprint density at radius 1 is 0.914 bits per heavy atom. The molecule has 2 heterocycles. The maximum absolute atomic E-state index is 12.9. The number of benzene rings is 3. The third-order valence-electron chi connectivity index (χ3n) is 6.32. The molecule has 0 aliphatic carbocycles. The lowest BCUT2D eigenvalue weighted by atomic mass is 10.1. The zero-order chi connectivity index (χ0) is 24.4. The third-order valence-corrected chi connectivity index (χ3v) is 6.32. The Morgan fingerprint density at radius 2 is 1.69 bits per heavy atom. The highest BCUT2D eigenvalue weighted by Gasteiger charge is 2.21. The maximum atomic E-state index is 12.9. The summed E-state index contributed by atoms with van der Waals surface area (Å²) >= 11 is 0. The van der Waals surface area contributed by atoms with Gasteiger partial charge in [0.25, 0.3) is 5.91 Å². The molecule has 1 amide bonds. The van der Waals surface area contributed by atoms with E-state index >= 15 is 0 Å². The van der Waals surface area contributed by atoms with Crippen LogP contribution < -0.4 is 19.5 Å². The van der Waals surface area contributed by atoms with Gasteiger partial charge in [-0.3, -0.25) is 9.69 Å². The highest BCUT2D eigenvalue weighted by Crippen LogP contribution is 2.29. The lowest BCUT2D eigenvalue weighted by Gasteiger charge is -2.28. The van der Waals surface area contributed by atoms with E-state index in [4.69, 9.17) is 19.2 Å². The minimum absolute atomic E-state index is 0.228. The highest BCUT2D eigenvalue weighted by atomic mass is 16.5. The van der Waals surface area contributed by atoms with Gasteiger partial charge in [-0.1, -0.05) is 12.1 Å². The second-order valence-corrected chi connectivity index (χ2v) is 8.43. The Kier molecular flexibility index (Phi) is 6.29. The van der Waals surface area contributed by atoms with Crippen LogP contribution in [-0.4, -0.2) is 48.2 Å².